The van der Waals surface area contributed by atoms with Gasteiger partial charge in [-0.1, -0.05) is 50.4 Å². The van der Waals surface area contributed by atoms with Crippen molar-refractivity contribution < 1.29 is 18.7 Å². The normalized spacial score (nSPS) is 11.2. The van der Waals surface area contributed by atoms with Crippen molar-refractivity contribution in [1.82, 2.24) is 5.32 Å². The molecule has 0 aliphatic carbocycles. The van der Waals surface area contributed by atoms with Crippen molar-refractivity contribution in [3.8, 4) is 11.8 Å². The Morgan fingerprint density at radius 1 is 1.14 bits per heavy atom. The van der Waals surface area contributed by atoms with E-state index in [-0.39, 0.29) is 11.6 Å². The first-order valence-corrected chi connectivity index (χ1v) is 11.9. The van der Waals surface area contributed by atoms with E-state index in [0.29, 0.717) is 29.3 Å². The van der Waals surface area contributed by atoms with Gasteiger partial charge in [0.1, 0.15) is 11.6 Å². The maximum atomic E-state index is 14.0. The highest BCUT2D eigenvalue weighted by atomic mass is 32.1. The van der Waals surface area contributed by atoms with Crippen LogP contribution in [0.15, 0.2) is 66.7 Å². The highest BCUT2D eigenvalue weighted by molar-refractivity contribution is 7.82. The molecule has 2 N–H and O–H groups in total. The number of anilines is 2. The molecule has 0 spiro atoms. The van der Waals surface area contributed by atoms with E-state index in [1.807, 2.05) is 13.8 Å². The number of nitrogens with one attached hydrogen (secondary N) is 2. The molecule has 0 radical (unpaired) electrons. The summed E-state index contributed by atoms with van der Waals surface area (Å²) in [5, 5.41) is 14.5. The van der Waals surface area contributed by atoms with Crippen LogP contribution < -0.4 is 19.7 Å². The first-order chi connectivity index (χ1) is 17.3. The van der Waals surface area contributed by atoms with Gasteiger partial charge in [-0.2, -0.15) is 5.26 Å². The molecule has 7 nitrogen and oxygen atoms in total. The molecule has 3 aromatic carbocycles. The summed E-state index contributed by atoms with van der Waals surface area (Å²) in [7, 11) is 0. The largest absolute Gasteiger partial charge is 0.491 e. The maximum absolute atomic E-state index is 14.0. The number of ether oxygens (including phenoxy) is 1. The van der Waals surface area contributed by atoms with Crippen LogP contribution in [0.1, 0.15) is 54.2 Å². The van der Waals surface area contributed by atoms with Gasteiger partial charge in [-0.25, -0.2) is 13.5 Å². The van der Waals surface area contributed by atoms with Gasteiger partial charge in [-0.3, -0.25) is 4.79 Å². The molecule has 3 rings (SSSR count). The van der Waals surface area contributed by atoms with Gasteiger partial charge in [-0.15, -0.1) is 0 Å². The molecular weight excluding hydrogens is 479 g/mol. The molecule has 0 saturated heterocycles. The smallest absolute Gasteiger partial charge is 0.332 e. The standard InChI is InChI=1S/C27H27FN4O3S/c1-3-4-15-35-25-16-21(13-14-24(25)31-26(33)22-7-5-6-8-23(22)28)32(36)27(34)30-18(2)20-11-9-19(17-29)10-12-20/h5-14,16,18,36H,3-4,15H2,1-2H3,(H,30,34)(H,31,33). The van der Waals surface area contributed by atoms with E-state index < -0.39 is 17.8 Å². The molecule has 0 aromatic heterocycles. The van der Waals surface area contributed by atoms with Crippen LogP contribution in [0.3, 0.4) is 0 Å². The lowest BCUT2D eigenvalue weighted by Gasteiger charge is -2.22. The first-order valence-electron chi connectivity index (χ1n) is 11.5. The Morgan fingerprint density at radius 2 is 1.86 bits per heavy atom. The molecule has 0 bridgehead atoms. The number of thiol groups is 1. The highest BCUT2D eigenvalue weighted by Gasteiger charge is 2.19. The molecule has 0 aliphatic heterocycles. The molecule has 186 valence electrons. The number of hydrogen-bond acceptors (Lipinski definition) is 5. The predicted molar refractivity (Wildman–Crippen MR) is 141 cm³/mol. The fraction of sp³-hybridized carbons (Fsp3) is 0.222. The number of nitriles is 1. The molecular formula is C27H27FN4O3S. The summed E-state index contributed by atoms with van der Waals surface area (Å²) in [6.45, 7) is 4.24. The number of carbonyl (C=O) groups is 2. The number of hydrogen-bond donors (Lipinski definition) is 3. The van der Waals surface area contributed by atoms with E-state index in [1.165, 1.54) is 18.2 Å². The molecule has 0 saturated carbocycles. The Morgan fingerprint density at radius 3 is 2.53 bits per heavy atom. The molecule has 0 heterocycles. The molecule has 1 atom stereocenters. The molecule has 0 fully saturated rings. The van der Waals surface area contributed by atoms with Crippen molar-refractivity contribution in [3.63, 3.8) is 0 Å². The van der Waals surface area contributed by atoms with E-state index >= 15 is 0 Å². The number of rotatable bonds is 9. The second-order valence-corrected chi connectivity index (χ2v) is 8.43. The zero-order valence-corrected chi connectivity index (χ0v) is 20.9. The number of unbranched alkanes of at least 4 members (excludes halogenated alkanes) is 1. The van der Waals surface area contributed by atoms with Crippen molar-refractivity contribution in [2.45, 2.75) is 32.7 Å². The van der Waals surface area contributed by atoms with Crippen LogP contribution in [0, 0.1) is 17.1 Å². The summed E-state index contributed by atoms with van der Waals surface area (Å²) in [6, 6.07) is 18.6. The predicted octanol–water partition coefficient (Wildman–Crippen LogP) is 6.25. The van der Waals surface area contributed by atoms with Crippen LogP contribution in [0.25, 0.3) is 0 Å². The summed E-state index contributed by atoms with van der Waals surface area (Å²) >= 11 is 4.35. The molecule has 3 amide bonds. The molecule has 9 heteroatoms. The number of amides is 3. The summed E-state index contributed by atoms with van der Waals surface area (Å²) in [6.07, 6.45) is 1.70. The second kappa shape index (κ2) is 12.6. The van der Waals surface area contributed by atoms with Crippen molar-refractivity contribution in [2.75, 3.05) is 16.2 Å². The van der Waals surface area contributed by atoms with Gasteiger partial charge in [0.25, 0.3) is 5.91 Å². The fourth-order valence-electron chi connectivity index (χ4n) is 3.32. The lowest BCUT2D eigenvalue weighted by atomic mass is 10.1. The van der Waals surface area contributed by atoms with E-state index in [4.69, 9.17) is 10.00 Å². The number of carbonyl (C=O) groups excluding carboxylic acids is 2. The van der Waals surface area contributed by atoms with Crippen LogP contribution >= 0.6 is 12.8 Å². The van der Waals surface area contributed by atoms with Crippen molar-refractivity contribution in [1.29, 1.82) is 5.26 Å². The minimum Gasteiger partial charge on any atom is -0.491 e. The first kappa shape index (κ1) is 26.6. The summed E-state index contributed by atoms with van der Waals surface area (Å²) in [4.78, 5) is 25.5. The van der Waals surface area contributed by atoms with Crippen LogP contribution in [0.4, 0.5) is 20.6 Å². The fourth-order valence-corrected chi connectivity index (χ4v) is 3.50. The lowest BCUT2D eigenvalue weighted by Crippen LogP contribution is -2.35. The summed E-state index contributed by atoms with van der Waals surface area (Å²) < 4.78 is 21.0. The van der Waals surface area contributed by atoms with Gasteiger partial charge in [-0.05, 0) is 55.3 Å². The third-order valence-corrected chi connectivity index (χ3v) is 5.82. The Labute approximate surface area is 215 Å². The minimum absolute atomic E-state index is 0.0897. The number of urea groups is 1. The van der Waals surface area contributed by atoms with Gasteiger partial charge in [0, 0.05) is 6.07 Å². The Hall–Kier alpha value is -4.03. The van der Waals surface area contributed by atoms with Gasteiger partial charge in [0.05, 0.1) is 41.2 Å². The number of nitrogens with zero attached hydrogens (tertiary/aromatic N) is 2. The van der Waals surface area contributed by atoms with Crippen molar-refractivity contribution in [2.24, 2.45) is 0 Å². The van der Waals surface area contributed by atoms with Crippen molar-refractivity contribution in [3.05, 3.63) is 89.2 Å². The minimum atomic E-state index is -0.630. The zero-order valence-electron chi connectivity index (χ0n) is 20.0. The van der Waals surface area contributed by atoms with Crippen LogP contribution in [-0.4, -0.2) is 18.5 Å². The lowest BCUT2D eigenvalue weighted by molar-refractivity contribution is 0.102. The number of benzene rings is 3. The Balaban J connectivity index is 1.77. The van der Waals surface area contributed by atoms with Crippen molar-refractivity contribution >= 4 is 36.1 Å². The monoisotopic (exact) mass is 506 g/mol. The second-order valence-electron chi connectivity index (χ2n) is 8.03. The van der Waals surface area contributed by atoms with E-state index in [2.05, 4.69) is 29.5 Å². The third-order valence-electron chi connectivity index (χ3n) is 5.40. The SMILES string of the molecule is CCCCOc1cc(N(S)C(=O)NC(C)c2ccc(C#N)cc2)ccc1NC(=O)c1ccccc1F. The van der Waals surface area contributed by atoms with E-state index in [9.17, 15) is 14.0 Å². The van der Waals surface area contributed by atoms with Crippen LogP contribution in [0.2, 0.25) is 0 Å². The quantitative estimate of drug-likeness (QED) is 0.236. The van der Waals surface area contributed by atoms with Crippen LogP contribution in [-0.2, 0) is 0 Å². The van der Waals surface area contributed by atoms with Gasteiger partial charge in [0.15, 0.2) is 0 Å². The molecule has 3 aromatic rings. The third kappa shape index (κ3) is 6.77. The Kier molecular flexibility index (Phi) is 9.31. The molecule has 36 heavy (non-hydrogen) atoms. The highest BCUT2D eigenvalue weighted by Crippen LogP contribution is 2.32. The average molecular weight is 507 g/mol. The summed E-state index contributed by atoms with van der Waals surface area (Å²) in [5.74, 6) is -0.912. The zero-order chi connectivity index (χ0) is 26.1. The Bertz CT molecular complexity index is 1260. The van der Waals surface area contributed by atoms with E-state index in [1.54, 1.807) is 48.5 Å². The topological polar surface area (TPSA) is 94.5 Å². The van der Waals surface area contributed by atoms with Gasteiger partial charge in [0.2, 0.25) is 0 Å². The van der Waals surface area contributed by atoms with Crippen LogP contribution in [0.5, 0.6) is 5.75 Å². The molecule has 0 aliphatic rings. The van der Waals surface area contributed by atoms with Gasteiger partial charge < -0.3 is 15.4 Å². The molecule has 1 unspecified atom stereocenters. The number of halogens is 1. The van der Waals surface area contributed by atoms with E-state index in [0.717, 1.165) is 22.7 Å². The maximum Gasteiger partial charge on any atom is 0.332 e. The average Bonchev–Trinajstić information content (AvgIpc) is 2.89. The summed E-state index contributed by atoms with van der Waals surface area (Å²) in [5.41, 5.74) is 2.03. The van der Waals surface area contributed by atoms with Gasteiger partial charge >= 0.3 is 6.03 Å².